The molecule has 0 atom stereocenters. The Balaban J connectivity index is 1.57. The van der Waals surface area contributed by atoms with Crippen molar-refractivity contribution in [1.29, 1.82) is 0 Å². The van der Waals surface area contributed by atoms with Crippen LogP contribution in [0.25, 0.3) is 0 Å². The third-order valence-corrected chi connectivity index (χ3v) is 4.91. The van der Waals surface area contributed by atoms with Crippen LogP contribution in [-0.4, -0.2) is 29.8 Å². The van der Waals surface area contributed by atoms with Crippen LogP contribution in [0.1, 0.15) is 23.2 Å². The lowest BCUT2D eigenvalue weighted by atomic mass is 9.95. The van der Waals surface area contributed by atoms with Gasteiger partial charge in [-0.15, -0.1) is 0 Å². The number of halogens is 3. The third kappa shape index (κ3) is 4.27. The van der Waals surface area contributed by atoms with E-state index in [-0.39, 0.29) is 23.4 Å². The number of piperidine rings is 1. The van der Waals surface area contributed by atoms with Crippen LogP contribution < -0.4 is 5.32 Å². The highest BCUT2D eigenvalue weighted by atomic mass is 79.9. The Morgan fingerprint density at radius 1 is 1.08 bits per heavy atom. The van der Waals surface area contributed by atoms with Crippen LogP contribution in [-0.2, 0) is 4.79 Å². The number of amides is 2. The topological polar surface area (TPSA) is 49.4 Å². The molecule has 1 saturated heterocycles. The maximum atomic E-state index is 13.8. The maximum absolute atomic E-state index is 13.8. The summed E-state index contributed by atoms with van der Waals surface area (Å²) in [4.78, 5) is 26.4. The van der Waals surface area contributed by atoms with Gasteiger partial charge in [0.1, 0.15) is 11.6 Å². The van der Waals surface area contributed by atoms with Crippen LogP contribution in [0.15, 0.2) is 46.9 Å². The van der Waals surface area contributed by atoms with E-state index in [0.717, 1.165) is 0 Å². The lowest BCUT2D eigenvalue weighted by Gasteiger charge is -2.31. The standard InChI is InChI=1S/C19H17BrF2N2O2/c20-14-4-5-17(16(22)11-14)23-18(25)12-6-8-24(9-7-12)19(26)13-2-1-3-15(21)10-13/h1-5,10-12H,6-9H2,(H,23,25). The molecule has 26 heavy (non-hydrogen) atoms. The largest absolute Gasteiger partial charge is 0.339 e. The van der Waals surface area contributed by atoms with Crippen molar-refractivity contribution in [2.45, 2.75) is 12.8 Å². The number of anilines is 1. The third-order valence-electron chi connectivity index (χ3n) is 4.41. The van der Waals surface area contributed by atoms with E-state index in [2.05, 4.69) is 21.2 Å². The van der Waals surface area contributed by atoms with Crippen molar-refractivity contribution in [1.82, 2.24) is 4.90 Å². The van der Waals surface area contributed by atoms with Gasteiger partial charge < -0.3 is 10.2 Å². The summed E-state index contributed by atoms with van der Waals surface area (Å²) in [7, 11) is 0. The highest BCUT2D eigenvalue weighted by Crippen LogP contribution is 2.24. The molecule has 3 rings (SSSR count). The van der Waals surface area contributed by atoms with Crippen LogP contribution in [0.4, 0.5) is 14.5 Å². The average Bonchev–Trinajstić information content (AvgIpc) is 2.63. The molecular formula is C19H17BrF2N2O2. The van der Waals surface area contributed by atoms with E-state index in [1.807, 2.05) is 0 Å². The summed E-state index contributed by atoms with van der Waals surface area (Å²) in [6.45, 7) is 0.798. The molecule has 0 spiro atoms. The smallest absolute Gasteiger partial charge is 0.253 e. The van der Waals surface area contributed by atoms with Crippen molar-refractivity contribution in [3.63, 3.8) is 0 Å². The van der Waals surface area contributed by atoms with Crippen molar-refractivity contribution in [2.24, 2.45) is 5.92 Å². The molecule has 136 valence electrons. The van der Waals surface area contributed by atoms with Crippen molar-refractivity contribution >= 4 is 33.4 Å². The Morgan fingerprint density at radius 2 is 1.81 bits per heavy atom. The van der Waals surface area contributed by atoms with E-state index < -0.39 is 11.6 Å². The SMILES string of the molecule is O=C(Nc1ccc(Br)cc1F)C1CCN(C(=O)c2cccc(F)c2)CC1. The van der Waals surface area contributed by atoms with Gasteiger partial charge in [0.25, 0.3) is 5.91 Å². The van der Waals surface area contributed by atoms with E-state index in [9.17, 15) is 18.4 Å². The van der Waals surface area contributed by atoms with Gasteiger partial charge >= 0.3 is 0 Å². The zero-order chi connectivity index (χ0) is 18.7. The molecule has 4 nitrogen and oxygen atoms in total. The second kappa shape index (κ2) is 7.95. The van der Waals surface area contributed by atoms with Crippen molar-refractivity contribution < 1.29 is 18.4 Å². The first kappa shape index (κ1) is 18.5. The molecule has 2 aromatic rings. The second-order valence-electron chi connectivity index (χ2n) is 6.19. The van der Waals surface area contributed by atoms with E-state index >= 15 is 0 Å². The summed E-state index contributed by atoms with van der Waals surface area (Å²) >= 11 is 3.17. The minimum absolute atomic E-state index is 0.136. The number of rotatable bonds is 3. The van der Waals surface area contributed by atoms with Crippen LogP contribution in [0.2, 0.25) is 0 Å². The predicted octanol–water partition coefficient (Wildman–Crippen LogP) is 4.22. The van der Waals surface area contributed by atoms with Gasteiger partial charge in [-0.25, -0.2) is 8.78 Å². The zero-order valence-electron chi connectivity index (χ0n) is 13.8. The fourth-order valence-electron chi connectivity index (χ4n) is 2.97. The molecule has 0 radical (unpaired) electrons. The summed E-state index contributed by atoms with van der Waals surface area (Å²) in [5.74, 6) is -1.77. The van der Waals surface area contributed by atoms with Gasteiger partial charge in [-0.3, -0.25) is 9.59 Å². The Kier molecular flexibility index (Phi) is 5.66. The summed E-state index contributed by atoms with van der Waals surface area (Å²) in [6.07, 6.45) is 0.954. The Hall–Kier alpha value is -2.28. The maximum Gasteiger partial charge on any atom is 0.253 e. The van der Waals surface area contributed by atoms with E-state index in [1.54, 1.807) is 17.0 Å². The highest BCUT2D eigenvalue weighted by Gasteiger charge is 2.28. The fraction of sp³-hybridized carbons (Fsp3) is 0.263. The Bertz CT molecular complexity index is 836. The van der Waals surface area contributed by atoms with Gasteiger partial charge in [0.05, 0.1) is 5.69 Å². The van der Waals surface area contributed by atoms with Gasteiger partial charge in [-0.1, -0.05) is 22.0 Å². The van der Waals surface area contributed by atoms with Crippen molar-refractivity contribution in [3.05, 3.63) is 64.1 Å². The Labute approximate surface area is 158 Å². The molecule has 0 saturated carbocycles. The zero-order valence-corrected chi connectivity index (χ0v) is 15.4. The predicted molar refractivity (Wildman–Crippen MR) is 97.8 cm³/mol. The van der Waals surface area contributed by atoms with Gasteiger partial charge in [-0.2, -0.15) is 0 Å². The molecule has 7 heteroatoms. The quantitative estimate of drug-likeness (QED) is 0.804. The normalized spacial score (nSPS) is 15.0. The van der Waals surface area contributed by atoms with Gasteiger partial charge in [0, 0.05) is 29.0 Å². The summed E-state index contributed by atoms with van der Waals surface area (Å²) in [5, 5.41) is 2.60. The number of nitrogens with one attached hydrogen (secondary N) is 1. The first-order valence-corrected chi connectivity index (χ1v) is 9.04. The van der Waals surface area contributed by atoms with Crippen LogP contribution in [0.5, 0.6) is 0 Å². The molecule has 0 bridgehead atoms. The Morgan fingerprint density at radius 3 is 2.46 bits per heavy atom. The molecule has 1 N–H and O–H groups in total. The molecule has 1 aliphatic heterocycles. The van der Waals surface area contributed by atoms with Gasteiger partial charge in [0.15, 0.2) is 0 Å². The van der Waals surface area contributed by atoms with Gasteiger partial charge in [0.2, 0.25) is 5.91 Å². The number of benzene rings is 2. The lowest BCUT2D eigenvalue weighted by molar-refractivity contribution is -0.121. The van der Waals surface area contributed by atoms with Crippen LogP contribution in [0.3, 0.4) is 0 Å². The van der Waals surface area contributed by atoms with Crippen molar-refractivity contribution in [2.75, 3.05) is 18.4 Å². The number of carbonyl (C=O) groups is 2. The minimum Gasteiger partial charge on any atom is -0.339 e. The minimum atomic E-state index is -0.508. The molecule has 1 heterocycles. The molecule has 2 aromatic carbocycles. The first-order chi connectivity index (χ1) is 12.4. The number of nitrogens with zero attached hydrogens (tertiary/aromatic N) is 1. The second-order valence-corrected chi connectivity index (χ2v) is 7.11. The highest BCUT2D eigenvalue weighted by molar-refractivity contribution is 9.10. The number of hydrogen-bond donors (Lipinski definition) is 1. The molecule has 0 unspecified atom stereocenters. The molecule has 1 fully saturated rings. The fourth-order valence-corrected chi connectivity index (χ4v) is 3.31. The number of carbonyl (C=O) groups excluding carboxylic acids is 2. The number of hydrogen-bond acceptors (Lipinski definition) is 2. The summed E-state index contributed by atoms with van der Waals surface area (Å²) in [6, 6.07) is 10.00. The van der Waals surface area contributed by atoms with Crippen molar-refractivity contribution in [3.8, 4) is 0 Å². The van der Waals surface area contributed by atoms with Crippen LogP contribution in [0, 0.1) is 17.6 Å². The van der Waals surface area contributed by atoms with E-state index in [0.29, 0.717) is 36.0 Å². The van der Waals surface area contributed by atoms with Crippen LogP contribution >= 0.6 is 15.9 Å². The molecule has 2 amide bonds. The number of likely N-dealkylation sites (tertiary alicyclic amines) is 1. The summed E-state index contributed by atoms with van der Waals surface area (Å²) < 4.78 is 27.7. The lowest BCUT2D eigenvalue weighted by Crippen LogP contribution is -2.41. The molecule has 1 aliphatic rings. The molecular weight excluding hydrogens is 406 g/mol. The average molecular weight is 423 g/mol. The first-order valence-electron chi connectivity index (χ1n) is 8.25. The molecule has 0 aliphatic carbocycles. The summed E-state index contributed by atoms with van der Waals surface area (Å²) in [5.41, 5.74) is 0.432. The monoisotopic (exact) mass is 422 g/mol. The van der Waals surface area contributed by atoms with E-state index in [1.165, 1.54) is 30.3 Å². The molecule has 0 aromatic heterocycles. The van der Waals surface area contributed by atoms with E-state index in [4.69, 9.17) is 0 Å². The van der Waals surface area contributed by atoms with Gasteiger partial charge in [-0.05, 0) is 49.2 Å².